The molecule has 0 aliphatic carbocycles. The average Bonchev–Trinajstić information content (AvgIpc) is 2.62. The third-order valence-corrected chi connectivity index (χ3v) is 3.00. The van der Waals surface area contributed by atoms with E-state index in [1.54, 1.807) is 0 Å². The molecule has 1 saturated heterocycles. The summed E-state index contributed by atoms with van der Waals surface area (Å²) < 4.78 is 5.46. The Kier molecular flexibility index (Phi) is 5.40. The van der Waals surface area contributed by atoms with Gasteiger partial charge in [0.05, 0.1) is 11.5 Å². The highest BCUT2D eigenvalue weighted by atomic mass is 35.5. The summed E-state index contributed by atoms with van der Waals surface area (Å²) in [6.07, 6.45) is 3.73. The monoisotopic (exact) mass is 233 g/mol. The number of carbonyl (C=O) groups is 1. The molecule has 0 saturated carbocycles. The van der Waals surface area contributed by atoms with E-state index in [4.69, 9.17) is 16.3 Å². The lowest BCUT2D eigenvalue weighted by Gasteiger charge is -2.13. The van der Waals surface area contributed by atoms with E-state index in [0.29, 0.717) is 6.54 Å². The second-order valence-corrected chi connectivity index (χ2v) is 4.76. The SMILES string of the molecule is CCCC(Cl)CNC(=O)C1CCC(C)O1. The number of amides is 1. The molecule has 1 N–H and O–H groups in total. The van der Waals surface area contributed by atoms with Crippen molar-refractivity contribution < 1.29 is 9.53 Å². The first-order valence-electron chi connectivity index (χ1n) is 5.70. The first-order chi connectivity index (χ1) is 7.13. The summed E-state index contributed by atoms with van der Waals surface area (Å²) in [4.78, 5) is 11.6. The number of alkyl halides is 1. The molecule has 1 heterocycles. The van der Waals surface area contributed by atoms with Crippen molar-refractivity contribution in [3.63, 3.8) is 0 Å². The lowest BCUT2D eigenvalue weighted by atomic mass is 10.2. The van der Waals surface area contributed by atoms with Gasteiger partial charge in [0.25, 0.3) is 0 Å². The zero-order valence-corrected chi connectivity index (χ0v) is 10.2. The van der Waals surface area contributed by atoms with Crippen LogP contribution in [-0.2, 0) is 9.53 Å². The van der Waals surface area contributed by atoms with E-state index >= 15 is 0 Å². The maximum absolute atomic E-state index is 11.6. The maximum Gasteiger partial charge on any atom is 0.249 e. The lowest BCUT2D eigenvalue weighted by molar-refractivity contribution is -0.131. The summed E-state index contributed by atoms with van der Waals surface area (Å²) >= 11 is 6.00. The van der Waals surface area contributed by atoms with Gasteiger partial charge in [0.15, 0.2) is 0 Å². The quantitative estimate of drug-likeness (QED) is 0.739. The smallest absolute Gasteiger partial charge is 0.249 e. The number of halogens is 1. The topological polar surface area (TPSA) is 38.3 Å². The Morgan fingerprint density at radius 1 is 1.60 bits per heavy atom. The van der Waals surface area contributed by atoms with Gasteiger partial charge in [-0.15, -0.1) is 11.6 Å². The van der Waals surface area contributed by atoms with Gasteiger partial charge in [0, 0.05) is 6.54 Å². The molecule has 4 heteroatoms. The molecule has 1 rings (SSSR count). The molecule has 3 nitrogen and oxygen atoms in total. The molecule has 0 bridgehead atoms. The summed E-state index contributed by atoms with van der Waals surface area (Å²) in [6.45, 7) is 4.62. The van der Waals surface area contributed by atoms with Crippen molar-refractivity contribution in [2.45, 2.75) is 57.1 Å². The summed E-state index contributed by atoms with van der Waals surface area (Å²) in [6, 6.07) is 0. The first kappa shape index (κ1) is 12.8. The van der Waals surface area contributed by atoms with Crippen molar-refractivity contribution in [2.75, 3.05) is 6.54 Å². The van der Waals surface area contributed by atoms with Gasteiger partial charge in [-0.25, -0.2) is 0 Å². The molecule has 3 unspecified atom stereocenters. The molecule has 0 spiro atoms. The third-order valence-electron chi connectivity index (χ3n) is 2.62. The Morgan fingerprint density at radius 3 is 2.87 bits per heavy atom. The van der Waals surface area contributed by atoms with Gasteiger partial charge in [-0.3, -0.25) is 4.79 Å². The van der Waals surface area contributed by atoms with Crippen LogP contribution < -0.4 is 5.32 Å². The highest BCUT2D eigenvalue weighted by molar-refractivity contribution is 6.20. The van der Waals surface area contributed by atoms with Gasteiger partial charge in [0.1, 0.15) is 6.10 Å². The van der Waals surface area contributed by atoms with Crippen LogP contribution in [0.2, 0.25) is 0 Å². The predicted molar refractivity (Wildman–Crippen MR) is 61.1 cm³/mol. The largest absolute Gasteiger partial charge is 0.365 e. The predicted octanol–water partition coefficient (Wildman–Crippen LogP) is 2.08. The Hall–Kier alpha value is -0.280. The molecule has 1 aliphatic rings. The van der Waals surface area contributed by atoms with E-state index in [1.165, 1.54) is 0 Å². The van der Waals surface area contributed by atoms with Crippen molar-refractivity contribution >= 4 is 17.5 Å². The van der Waals surface area contributed by atoms with Crippen molar-refractivity contribution in [3.8, 4) is 0 Å². The van der Waals surface area contributed by atoms with Crippen LogP contribution in [0.3, 0.4) is 0 Å². The minimum atomic E-state index is -0.259. The highest BCUT2D eigenvalue weighted by Gasteiger charge is 2.27. The number of hydrogen-bond acceptors (Lipinski definition) is 2. The standard InChI is InChI=1S/C11H20ClNO2/c1-3-4-9(12)7-13-11(14)10-6-5-8(2)15-10/h8-10H,3-7H2,1-2H3,(H,13,14). The van der Waals surface area contributed by atoms with E-state index in [9.17, 15) is 4.79 Å². The van der Waals surface area contributed by atoms with Crippen LogP contribution in [0.1, 0.15) is 39.5 Å². The van der Waals surface area contributed by atoms with E-state index in [-0.39, 0.29) is 23.5 Å². The lowest BCUT2D eigenvalue weighted by Crippen LogP contribution is -2.37. The van der Waals surface area contributed by atoms with Crippen molar-refractivity contribution in [1.29, 1.82) is 0 Å². The third kappa shape index (κ3) is 4.39. The minimum Gasteiger partial charge on any atom is -0.365 e. The second-order valence-electron chi connectivity index (χ2n) is 4.14. The van der Waals surface area contributed by atoms with Crippen LogP contribution in [0.25, 0.3) is 0 Å². The molecular weight excluding hydrogens is 214 g/mol. The molecule has 1 amide bonds. The van der Waals surface area contributed by atoms with Gasteiger partial charge >= 0.3 is 0 Å². The van der Waals surface area contributed by atoms with Crippen molar-refractivity contribution in [2.24, 2.45) is 0 Å². The van der Waals surface area contributed by atoms with Gasteiger partial charge in [0.2, 0.25) is 5.91 Å². The second kappa shape index (κ2) is 6.33. The average molecular weight is 234 g/mol. The molecule has 0 aromatic heterocycles. The summed E-state index contributed by atoms with van der Waals surface area (Å²) in [5, 5.41) is 2.87. The van der Waals surface area contributed by atoms with Gasteiger partial charge in [-0.2, -0.15) is 0 Å². The molecule has 88 valence electrons. The zero-order valence-electron chi connectivity index (χ0n) is 9.46. The molecule has 15 heavy (non-hydrogen) atoms. The fourth-order valence-corrected chi connectivity index (χ4v) is 2.03. The van der Waals surface area contributed by atoms with E-state index in [1.807, 2.05) is 6.92 Å². The maximum atomic E-state index is 11.6. The van der Waals surface area contributed by atoms with Crippen molar-refractivity contribution in [1.82, 2.24) is 5.32 Å². The molecule has 1 fully saturated rings. The first-order valence-corrected chi connectivity index (χ1v) is 6.14. The molecule has 1 aliphatic heterocycles. The molecule has 3 atom stereocenters. The van der Waals surface area contributed by atoms with Crippen LogP contribution >= 0.6 is 11.6 Å². The van der Waals surface area contributed by atoms with Gasteiger partial charge in [-0.05, 0) is 26.2 Å². The molecule has 0 radical (unpaired) electrons. The van der Waals surface area contributed by atoms with Crippen LogP contribution in [0, 0.1) is 0 Å². The summed E-state index contributed by atoms with van der Waals surface area (Å²) in [7, 11) is 0. The van der Waals surface area contributed by atoms with Crippen LogP contribution in [0.15, 0.2) is 0 Å². The molecule has 0 aromatic carbocycles. The number of rotatable bonds is 5. The Bertz CT molecular complexity index is 211. The summed E-state index contributed by atoms with van der Waals surface area (Å²) in [5.41, 5.74) is 0. The number of carbonyl (C=O) groups excluding carboxylic acids is 1. The fraction of sp³-hybridized carbons (Fsp3) is 0.909. The Labute approximate surface area is 96.5 Å². The summed E-state index contributed by atoms with van der Waals surface area (Å²) in [5.74, 6) is -0.0129. The Morgan fingerprint density at radius 2 is 2.33 bits per heavy atom. The van der Waals surface area contributed by atoms with Gasteiger partial charge in [-0.1, -0.05) is 13.3 Å². The molecule has 0 aromatic rings. The number of ether oxygens (including phenoxy) is 1. The normalized spacial score (nSPS) is 27.7. The number of nitrogens with one attached hydrogen (secondary N) is 1. The van der Waals surface area contributed by atoms with Crippen LogP contribution in [0.5, 0.6) is 0 Å². The van der Waals surface area contributed by atoms with Crippen molar-refractivity contribution in [3.05, 3.63) is 0 Å². The van der Waals surface area contributed by atoms with Crippen LogP contribution in [-0.4, -0.2) is 30.0 Å². The van der Waals surface area contributed by atoms with Crippen LogP contribution in [0.4, 0.5) is 0 Å². The Balaban J connectivity index is 2.18. The van der Waals surface area contributed by atoms with Gasteiger partial charge < -0.3 is 10.1 Å². The fourth-order valence-electron chi connectivity index (χ4n) is 1.74. The molecular formula is C11H20ClNO2. The zero-order chi connectivity index (χ0) is 11.3. The number of hydrogen-bond donors (Lipinski definition) is 1. The van der Waals surface area contributed by atoms with E-state index in [2.05, 4.69) is 12.2 Å². The minimum absolute atomic E-state index is 0.0129. The highest BCUT2D eigenvalue weighted by Crippen LogP contribution is 2.19. The van der Waals surface area contributed by atoms with E-state index < -0.39 is 0 Å². The van der Waals surface area contributed by atoms with E-state index in [0.717, 1.165) is 25.7 Å².